The Hall–Kier alpha value is -2.25. The number of aryl methyl sites for hydroxylation is 2. The number of benzene rings is 2. The minimum absolute atomic E-state index is 0.941. The average molecular weight is 1130 g/mol. The van der Waals surface area contributed by atoms with Gasteiger partial charge in [0.15, 0.2) is 0 Å². The van der Waals surface area contributed by atoms with Crippen LogP contribution in [-0.4, -0.2) is 4.70 Å². The Bertz CT molecular complexity index is 1730. The van der Waals surface area contributed by atoms with Crippen LogP contribution < -0.4 is 0 Å². The second-order valence-electron chi connectivity index (χ2n) is 24.3. The van der Waals surface area contributed by atoms with Gasteiger partial charge in [-0.05, 0) is 80.3 Å². The number of hydrogen-bond donors (Lipinski definition) is 0. The van der Waals surface area contributed by atoms with E-state index < -0.39 is 0 Å². The quantitative estimate of drug-likeness (QED) is 0.0358. The van der Waals surface area contributed by atoms with E-state index in [0.29, 0.717) is 0 Å². The first-order valence-electron chi connectivity index (χ1n) is 35.3. The molecule has 0 atom stereocenters. The number of hydrogen-bond acceptors (Lipinski definition) is 0. The fourth-order valence-electron chi connectivity index (χ4n) is 11.6. The summed E-state index contributed by atoms with van der Waals surface area (Å²) in [6.07, 6.45) is 73.7. The summed E-state index contributed by atoms with van der Waals surface area (Å²) in [6.45, 7) is 13.7. The molecule has 0 unspecified atom stereocenters. The molecular formula is C76H132N2Ni. The predicted octanol–water partition coefficient (Wildman–Crippen LogP) is 27.2. The number of nitrogens with zero attached hydrogens (tertiary/aromatic N) is 2. The third-order valence-electron chi connectivity index (χ3n) is 16.9. The van der Waals surface area contributed by atoms with Gasteiger partial charge in [0, 0.05) is 16.7 Å². The van der Waals surface area contributed by atoms with Crippen molar-refractivity contribution in [2.75, 3.05) is 0 Å². The van der Waals surface area contributed by atoms with E-state index in [1.165, 1.54) is 327 Å². The molecule has 0 saturated heterocycles. The van der Waals surface area contributed by atoms with Crippen LogP contribution in [0.25, 0.3) is 16.9 Å². The third kappa shape index (κ3) is 38.3. The number of unbranched alkanes of at least 4 members (excludes halogenated alkanes) is 42. The van der Waals surface area contributed by atoms with Crippen molar-refractivity contribution < 1.29 is 19.1 Å². The van der Waals surface area contributed by atoms with Gasteiger partial charge in [0.1, 0.15) is 0 Å². The van der Waals surface area contributed by atoms with E-state index in [9.17, 15) is 5.53 Å². The molecule has 1 aliphatic heterocycles. The summed E-state index contributed by atoms with van der Waals surface area (Å²) < 4.78 is 1.53. The molecule has 0 amide bonds. The first kappa shape index (κ1) is 72.9. The molecule has 0 radical (unpaired) electrons. The molecule has 1 aliphatic rings. The van der Waals surface area contributed by atoms with E-state index in [2.05, 4.69) is 102 Å². The van der Waals surface area contributed by atoms with Gasteiger partial charge >= 0.3 is 129 Å². The van der Waals surface area contributed by atoms with Crippen LogP contribution in [0.15, 0.2) is 71.8 Å². The Morgan fingerprint density at radius 2 is 0.633 bits per heavy atom. The first-order valence-corrected chi connectivity index (χ1v) is 36.7. The second-order valence-corrected chi connectivity index (χ2v) is 25.8. The molecular weight excluding hydrogens is 1000 g/mol. The maximum atomic E-state index is 12.1. The molecule has 0 aromatic heterocycles. The molecule has 79 heavy (non-hydrogen) atoms. The van der Waals surface area contributed by atoms with Crippen molar-refractivity contribution in [1.82, 2.24) is 0 Å². The summed E-state index contributed by atoms with van der Waals surface area (Å²) in [5.41, 5.74) is 21.4. The number of rotatable bonds is 55. The molecule has 1 heterocycles. The van der Waals surface area contributed by atoms with Gasteiger partial charge in [-0.3, -0.25) is 0 Å². The third-order valence-corrected chi connectivity index (χ3v) is 18.3. The van der Waals surface area contributed by atoms with Crippen molar-refractivity contribution in [3.05, 3.63) is 99.6 Å². The van der Waals surface area contributed by atoms with E-state index in [0.717, 1.165) is 54.6 Å². The predicted molar refractivity (Wildman–Crippen MR) is 352 cm³/mol. The summed E-state index contributed by atoms with van der Waals surface area (Å²) in [5.74, 6) is 0. The Morgan fingerprint density at radius 3 is 1.01 bits per heavy atom. The SMILES string of the molecule is CCCCCCCCCCCCCCCCCCCCCCCCCCCC=CC1=C(c2ccc(CC)cc2)[N+](=[N-])C(c2ccc(CCCCC)cc2)=C1CCCCCC.CCCCCCCC[CH2][Ni][CH2]CCCCCCCC. The van der Waals surface area contributed by atoms with Gasteiger partial charge in [-0.2, -0.15) is 0 Å². The van der Waals surface area contributed by atoms with Crippen molar-refractivity contribution in [3.8, 4) is 0 Å². The van der Waals surface area contributed by atoms with Crippen molar-refractivity contribution >= 4 is 11.4 Å². The molecule has 0 spiro atoms. The maximum absolute atomic E-state index is 12.1. The van der Waals surface area contributed by atoms with Gasteiger partial charge in [0.05, 0.1) is 5.57 Å². The van der Waals surface area contributed by atoms with E-state index in [-0.39, 0.29) is 0 Å². The Morgan fingerprint density at radius 1 is 0.329 bits per heavy atom. The van der Waals surface area contributed by atoms with Crippen molar-refractivity contribution in [2.45, 2.75) is 373 Å². The molecule has 0 fully saturated rings. The van der Waals surface area contributed by atoms with Gasteiger partial charge in [-0.1, -0.05) is 250 Å². The molecule has 0 saturated carbocycles. The van der Waals surface area contributed by atoms with Crippen LogP contribution in [0.2, 0.25) is 10.8 Å². The molecule has 2 aromatic rings. The molecule has 3 rings (SSSR count). The van der Waals surface area contributed by atoms with Gasteiger partial charge in [-0.25, -0.2) is 4.70 Å². The van der Waals surface area contributed by atoms with Crippen LogP contribution in [0.4, 0.5) is 0 Å². The summed E-state index contributed by atoms with van der Waals surface area (Å²) in [6, 6.07) is 17.9. The van der Waals surface area contributed by atoms with E-state index in [1.54, 1.807) is 0 Å². The Labute approximate surface area is 500 Å². The monoisotopic (exact) mass is 1130 g/mol. The normalized spacial score (nSPS) is 12.8. The fourth-order valence-corrected chi connectivity index (χ4v) is 12.8. The topological polar surface area (TPSA) is 25.3 Å². The Kier molecular flexibility index (Phi) is 50.7. The van der Waals surface area contributed by atoms with Crippen LogP contribution >= 0.6 is 0 Å². The first-order chi connectivity index (χ1) is 39.1. The van der Waals surface area contributed by atoms with Gasteiger partial charge in [0.25, 0.3) is 0 Å². The molecule has 456 valence electrons. The fraction of sp³-hybridized carbons (Fsp3) is 0.763. The van der Waals surface area contributed by atoms with Gasteiger partial charge in [0.2, 0.25) is 11.4 Å². The molecule has 0 bridgehead atoms. The zero-order chi connectivity index (χ0) is 56.7. The van der Waals surface area contributed by atoms with E-state index in [4.69, 9.17) is 0 Å². The van der Waals surface area contributed by atoms with Crippen LogP contribution in [0.5, 0.6) is 0 Å². The molecule has 3 heteroatoms. The van der Waals surface area contributed by atoms with Crippen molar-refractivity contribution in [1.29, 1.82) is 0 Å². The molecule has 2 nitrogen and oxygen atoms in total. The summed E-state index contributed by atoms with van der Waals surface area (Å²) in [5, 5.41) is 2.85. The van der Waals surface area contributed by atoms with Crippen LogP contribution in [-0.2, 0) is 27.3 Å². The molecule has 0 aliphatic carbocycles. The van der Waals surface area contributed by atoms with Crippen LogP contribution in [0.3, 0.4) is 0 Å². The van der Waals surface area contributed by atoms with E-state index in [1.807, 2.05) is 14.4 Å². The second kappa shape index (κ2) is 55.0. The van der Waals surface area contributed by atoms with Crippen LogP contribution in [0.1, 0.15) is 372 Å². The molecule has 0 N–H and O–H groups in total. The minimum atomic E-state index is 0.941. The molecule has 2 aromatic carbocycles. The summed E-state index contributed by atoms with van der Waals surface area (Å²) in [4.78, 5) is 0. The summed E-state index contributed by atoms with van der Waals surface area (Å²) in [7, 11) is 0. The van der Waals surface area contributed by atoms with Gasteiger partial charge < -0.3 is 5.53 Å². The Balaban J connectivity index is 0.000000950. The summed E-state index contributed by atoms with van der Waals surface area (Å²) >= 11 is 2.01. The van der Waals surface area contributed by atoms with Crippen molar-refractivity contribution in [2.24, 2.45) is 0 Å². The van der Waals surface area contributed by atoms with Crippen LogP contribution in [0, 0.1) is 0 Å². The van der Waals surface area contributed by atoms with Crippen molar-refractivity contribution in [3.63, 3.8) is 0 Å². The average Bonchev–Trinajstić information content (AvgIpc) is 3.87. The standard InChI is InChI=1S/C58H94N2.2C9H19.Ni/c1-5-9-12-14-15-16-17-18-19-20-21-22-23-24-25-26-27-28-29-30-31-32-33-34-35-36-39-42-56-55(41-38-13-10-6-2)58(54-49-45-52(46-50-54)40-37-11-7-3)60(59)57(56)53-47-43-51(8-4)44-48-53;2*1-3-5-7-9-8-6-4-2;/h39,42-50H,5-38,40-41H2,1-4H3;2*1,3-9H2,2H3;. The number of allylic oxidation sites excluding steroid dienone is 4. The van der Waals surface area contributed by atoms with E-state index >= 15 is 0 Å². The zero-order valence-corrected chi connectivity index (χ0v) is 54.7. The zero-order valence-electron chi connectivity index (χ0n) is 53.8. The van der Waals surface area contributed by atoms with Gasteiger partial charge in [-0.15, -0.1) is 0 Å².